The van der Waals surface area contributed by atoms with Crippen molar-refractivity contribution in [3.8, 4) is 11.8 Å². The van der Waals surface area contributed by atoms with Crippen LogP contribution in [0, 0.1) is 29.5 Å². The fourth-order valence-corrected chi connectivity index (χ4v) is 4.87. The van der Waals surface area contributed by atoms with Crippen LogP contribution in [0.5, 0.6) is 0 Å². The van der Waals surface area contributed by atoms with Crippen LogP contribution in [0.4, 0.5) is 4.39 Å². The Hall–Kier alpha value is -2.59. The summed E-state index contributed by atoms with van der Waals surface area (Å²) in [5.41, 5.74) is 4.17. The van der Waals surface area contributed by atoms with E-state index in [4.69, 9.17) is 0 Å². The second-order valence-electron chi connectivity index (χ2n) is 9.69. The molecule has 1 aliphatic carbocycles. The zero-order valence-corrected chi connectivity index (χ0v) is 19.6. The highest BCUT2D eigenvalue weighted by molar-refractivity contribution is 5.85. The van der Waals surface area contributed by atoms with Crippen LogP contribution in [0.3, 0.4) is 0 Å². The summed E-state index contributed by atoms with van der Waals surface area (Å²) in [4.78, 5) is 0. The molecule has 0 aromatic heterocycles. The minimum Gasteiger partial charge on any atom is -0.206 e. The van der Waals surface area contributed by atoms with Crippen molar-refractivity contribution in [2.75, 3.05) is 0 Å². The van der Waals surface area contributed by atoms with Gasteiger partial charge in [-0.05, 0) is 78.3 Å². The third-order valence-electron chi connectivity index (χ3n) is 7.12. The monoisotopic (exact) mass is 426 g/mol. The summed E-state index contributed by atoms with van der Waals surface area (Å²) in [5.74, 6) is 8.08. The Labute approximate surface area is 193 Å². The Morgan fingerprint density at radius 3 is 2.31 bits per heavy atom. The second kappa shape index (κ2) is 10.8. The van der Waals surface area contributed by atoms with E-state index in [-0.39, 0.29) is 5.82 Å². The Morgan fingerprint density at radius 2 is 1.56 bits per heavy atom. The molecule has 1 aliphatic rings. The van der Waals surface area contributed by atoms with E-state index in [0.29, 0.717) is 5.39 Å². The molecule has 0 bridgehead atoms. The first-order valence-corrected chi connectivity index (χ1v) is 12.4. The second-order valence-corrected chi connectivity index (χ2v) is 9.69. The Balaban J connectivity index is 1.43. The Bertz CT molecular complexity index is 1090. The van der Waals surface area contributed by atoms with Crippen molar-refractivity contribution in [2.24, 2.45) is 11.8 Å². The minimum absolute atomic E-state index is 0.0474. The van der Waals surface area contributed by atoms with Gasteiger partial charge in [0.1, 0.15) is 5.82 Å². The maximum atomic E-state index is 15.2. The summed E-state index contributed by atoms with van der Waals surface area (Å²) in [6.07, 6.45) is 10.8. The normalized spacial score (nSPS) is 18.3. The molecule has 166 valence electrons. The first kappa shape index (κ1) is 22.6. The predicted molar refractivity (Wildman–Crippen MR) is 134 cm³/mol. The summed E-state index contributed by atoms with van der Waals surface area (Å²) in [5, 5.41) is 1.64. The lowest BCUT2D eigenvalue weighted by Gasteiger charge is -2.26. The standard InChI is InChI=1S/C31H35F/c1-3-4-5-24-10-12-26(13-11-24)14-15-27-17-21-30-29(22-27)20-19-28(31(30)32)18-16-25-8-6-23(2)7-9-25/h10-13,17,19-23,25H,3-9,16,18H2,1-2H3. The quantitative estimate of drug-likeness (QED) is 0.347. The van der Waals surface area contributed by atoms with Gasteiger partial charge in [-0.25, -0.2) is 4.39 Å². The van der Waals surface area contributed by atoms with Gasteiger partial charge < -0.3 is 0 Å². The van der Waals surface area contributed by atoms with Crippen LogP contribution in [-0.2, 0) is 12.8 Å². The van der Waals surface area contributed by atoms with Gasteiger partial charge in [0, 0.05) is 16.5 Å². The van der Waals surface area contributed by atoms with Crippen molar-refractivity contribution in [3.63, 3.8) is 0 Å². The number of halogens is 1. The average Bonchev–Trinajstić information content (AvgIpc) is 2.82. The van der Waals surface area contributed by atoms with Crippen molar-refractivity contribution < 1.29 is 4.39 Å². The Kier molecular flexibility index (Phi) is 7.64. The van der Waals surface area contributed by atoms with Crippen LogP contribution in [0.15, 0.2) is 54.6 Å². The number of fused-ring (bicyclic) bond motifs is 1. The Morgan fingerprint density at radius 1 is 0.844 bits per heavy atom. The van der Waals surface area contributed by atoms with Gasteiger partial charge in [0.25, 0.3) is 0 Å². The topological polar surface area (TPSA) is 0 Å². The summed E-state index contributed by atoms with van der Waals surface area (Å²) in [6, 6.07) is 18.4. The summed E-state index contributed by atoms with van der Waals surface area (Å²) in [7, 11) is 0. The minimum atomic E-state index is -0.0474. The fourth-order valence-electron chi connectivity index (χ4n) is 4.87. The molecule has 0 saturated heterocycles. The van der Waals surface area contributed by atoms with E-state index < -0.39 is 0 Å². The molecule has 0 N–H and O–H groups in total. The number of hydrogen-bond donors (Lipinski definition) is 0. The SMILES string of the molecule is CCCCc1ccc(C#Cc2ccc3c(F)c(CCC4CCC(C)CC4)ccc3c2)cc1. The molecule has 0 unspecified atom stereocenters. The van der Waals surface area contributed by atoms with Gasteiger partial charge in [0.15, 0.2) is 0 Å². The van der Waals surface area contributed by atoms with E-state index in [1.54, 1.807) is 0 Å². The molecule has 1 saturated carbocycles. The highest BCUT2D eigenvalue weighted by Crippen LogP contribution is 2.32. The first-order valence-electron chi connectivity index (χ1n) is 12.4. The molecule has 0 nitrogen and oxygen atoms in total. The highest BCUT2D eigenvalue weighted by atomic mass is 19.1. The molecule has 0 amide bonds. The van der Waals surface area contributed by atoms with Crippen molar-refractivity contribution in [3.05, 3.63) is 82.7 Å². The van der Waals surface area contributed by atoms with Crippen molar-refractivity contribution >= 4 is 10.8 Å². The molecule has 3 aromatic carbocycles. The summed E-state index contributed by atoms with van der Waals surface area (Å²) >= 11 is 0. The van der Waals surface area contributed by atoms with Gasteiger partial charge in [0.2, 0.25) is 0 Å². The molecule has 3 aromatic rings. The lowest BCUT2D eigenvalue weighted by molar-refractivity contribution is 0.277. The van der Waals surface area contributed by atoms with E-state index in [9.17, 15) is 0 Å². The lowest BCUT2D eigenvalue weighted by Crippen LogP contribution is -2.13. The molecule has 1 heteroatoms. The molecule has 1 fully saturated rings. The highest BCUT2D eigenvalue weighted by Gasteiger charge is 2.18. The first-order chi connectivity index (χ1) is 15.6. The van der Waals surface area contributed by atoms with Gasteiger partial charge >= 0.3 is 0 Å². The molecule has 0 heterocycles. The summed E-state index contributed by atoms with van der Waals surface area (Å²) in [6.45, 7) is 4.57. The van der Waals surface area contributed by atoms with Crippen LogP contribution in [0.2, 0.25) is 0 Å². The maximum Gasteiger partial charge on any atom is 0.134 e. The van der Waals surface area contributed by atoms with Crippen molar-refractivity contribution in [2.45, 2.75) is 71.6 Å². The number of benzene rings is 3. The molecule has 0 aliphatic heterocycles. The third kappa shape index (κ3) is 5.80. The van der Waals surface area contributed by atoms with Gasteiger partial charge in [0.05, 0.1) is 0 Å². The zero-order chi connectivity index (χ0) is 22.3. The number of rotatable bonds is 6. The number of aryl methyl sites for hydroxylation is 2. The average molecular weight is 427 g/mol. The molecular weight excluding hydrogens is 391 g/mol. The molecular formula is C31H35F. The zero-order valence-electron chi connectivity index (χ0n) is 19.6. The number of hydrogen-bond acceptors (Lipinski definition) is 0. The van der Waals surface area contributed by atoms with Crippen LogP contribution < -0.4 is 0 Å². The fraction of sp³-hybridized carbons (Fsp3) is 0.419. The molecule has 0 atom stereocenters. The van der Waals surface area contributed by atoms with Gasteiger partial charge in [-0.2, -0.15) is 0 Å². The van der Waals surface area contributed by atoms with E-state index >= 15 is 4.39 Å². The largest absolute Gasteiger partial charge is 0.206 e. The van der Waals surface area contributed by atoms with Crippen LogP contribution in [-0.4, -0.2) is 0 Å². The summed E-state index contributed by atoms with van der Waals surface area (Å²) < 4.78 is 15.2. The van der Waals surface area contributed by atoms with Crippen LogP contribution >= 0.6 is 0 Å². The van der Waals surface area contributed by atoms with E-state index in [1.807, 2.05) is 24.3 Å². The third-order valence-corrected chi connectivity index (χ3v) is 7.12. The van der Waals surface area contributed by atoms with Crippen LogP contribution in [0.25, 0.3) is 10.8 Å². The number of unbranched alkanes of at least 4 members (excludes halogenated alkanes) is 1. The van der Waals surface area contributed by atoms with E-state index in [0.717, 1.165) is 53.2 Å². The molecule has 32 heavy (non-hydrogen) atoms. The van der Waals surface area contributed by atoms with Gasteiger partial charge in [-0.1, -0.05) is 88.1 Å². The van der Waals surface area contributed by atoms with Crippen molar-refractivity contribution in [1.29, 1.82) is 0 Å². The van der Waals surface area contributed by atoms with Crippen LogP contribution in [0.1, 0.15) is 81.0 Å². The van der Waals surface area contributed by atoms with E-state index in [2.05, 4.69) is 56.0 Å². The smallest absolute Gasteiger partial charge is 0.134 e. The lowest BCUT2D eigenvalue weighted by atomic mass is 9.80. The molecule has 0 spiro atoms. The van der Waals surface area contributed by atoms with Gasteiger partial charge in [-0.15, -0.1) is 0 Å². The maximum absolute atomic E-state index is 15.2. The predicted octanol–water partition coefficient (Wildman–Crippen LogP) is 8.48. The van der Waals surface area contributed by atoms with Gasteiger partial charge in [-0.3, -0.25) is 0 Å². The molecule has 4 rings (SSSR count). The van der Waals surface area contributed by atoms with E-state index in [1.165, 1.54) is 44.1 Å². The molecule has 0 radical (unpaired) electrons. The van der Waals surface area contributed by atoms with Crippen molar-refractivity contribution in [1.82, 2.24) is 0 Å².